The van der Waals surface area contributed by atoms with Gasteiger partial charge in [-0.2, -0.15) is 0 Å². The number of primary amides is 1. The Labute approximate surface area is 73.4 Å². The average molecular weight is 184 g/mol. The van der Waals surface area contributed by atoms with Crippen LogP contribution in [0, 0.1) is 0 Å². The summed E-state index contributed by atoms with van der Waals surface area (Å²) in [6.45, 7) is 3.35. The van der Waals surface area contributed by atoms with Crippen LogP contribution in [0.1, 0.15) is 11.1 Å². The molecule has 0 radical (unpaired) electrons. The van der Waals surface area contributed by atoms with E-state index in [1.54, 1.807) is 5.38 Å². The third kappa shape index (κ3) is 1.69. The minimum Gasteiger partial charge on any atom is -0.381 e. The van der Waals surface area contributed by atoms with Crippen molar-refractivity contribution < 1.29 is 9.90 Å². The van der Waals surface area contributed by atoms with Crippen LogP contribution in [0.5, 0.6) is 0 Å². The van der Waals surface area contributed by atoms with Crippen LogP contribution < -0.4 is 5.73 Å². The van der Waals surface area contributed by atoms with Gasteiger partial charge in [-0.1, -0.05) is 6.58 Å². The Hall–Kier alpha value is -1.20. The largest absolute Gasteiger partial charge is 0.381 e. The van der Waals surface area contributed by atoms with Crippen LogP contribution in [-0.2, 0) is 4.79 Å². The first-order valence-electron chi connectivity index (χ1n) is 3.19. The first-order valence-corrected chi connectivity index (χ1v) is 4.07. The van der Waals surface area contributed by atoms with Crippen LogP contribution in [-0.4, -0.2) is 16.0 Å². The smallest absolute Gasteiger partial charge is 0.247 e. The number of thiazole rings is 1. The molecular weight excluding hydrogens is 176 g/mol. The lowest BCUT2D eigenvalue weighted by molar-refractivity contribution is -0.115. The van der Waals surface area contributed by atoms with E-state index in [4.69, 9.17) is 5.73 Å². The summed E-state index contributed by atoms with van der Waals surface area (Å²) in [4.78, 5) is 14.4. The number of aliphatic hydroxyl groups excluding tert-OH is 1. The fraction of sp³-hybridized carbons (Fsp3) is 0.143. The Morgan fingerprint density at radius 2 is 2.50 bits per heavy atom. The molecule has 0 saturated heterocycles. The summed E-state index contributed by atoms with van der Waals surface area (Å²) in [6.07, 6.45) is 0.472. The number of nitrogens with two attached hydrogens (primary N) is 1. The van der Waals surface area contributed by atoms with Crippen molar-refractivity contribution in [1.29, 1.82) is 0 Å². The predicted octanol–water partition coefficient (Wildman–Crippen LogP) is 0.218. The normalized spacial score (nSPS) is 12.4. The van der Waals surface area contributed by atoms with Gasteiger partial charge in [-0.3, -0.25) is 4.79 Å². The molecule has 1 aromatic heterocycles. The van der Waals surface area contributed by atoms with Gasteiger partial charge < -0.3 is 10.8 Å². The van der Waals surface area contributed by atoms with Crippen LogP contribution in [0.25, 0.3) is 0 Å². The van der Waals surface area contributed by atoms with Crippen molar-refractivity contribution in [2.45, 2.75) is 6.10 Å². The van der Waals surface area contributed by atoms with Gasteiger partial charge in [-0.25, -0.2) is 4.98 Å². The molecular formula is C7H8N2O2S. The number of amides is 1. The molecule has 0 bridgehead atoms. The minimum absolute atomic E-state index is 0.0371. The molecule has 0 spiro atoms. The van der Waals surface area contributed by atoms with Gasteiger partial charge in [0.25, 0.3) is 0 Å². The van der Waals surface area contributed by atoms with E-state index in [1.165, 1.54) is 17.5 Å². The van der Waals surface area contributed by atoms with Gasteiger partial charge in [0.05, 0.1) is 0 Å². The van der Waals surface area contributed by atoms with E-state index in [0.29, 0.717) is 5.01 Å². The highest BCUT2D eigenvalue weighted by molar-refractivity contribution is 7.09. The van der Waals surface area contributed by atoms with E-state index in [9.17, 15) is 9.90 Å². The van der Waals surface area contributed by atoms with Crippen molar-refractivity contribution in [2.75, 3.05) is 0 Å². The molecule has 1 aromatic rings. The third-order valence-electron chi connectivity index (χ3n) is 1.33. The van der Waals surface area contributed by atoms with Crippen LogP contribution in [0.15, 0.2) is 23.7 Å². The topological polar surface area (TPSA) is 76.2 Å². The second-order valence-corrected chi connectivity index (χ2v) is 3.09. The second-order valence-electron chi connectivity index (χ2n) is 2.16. The van der Waals surface area contributed by atoms with Gasteiger partial charge in [0.15, 0.2) is 0 Å². The van der Waals surface area contributed by atoms with E-state index >= 15 is 0 Å². The molecule has 1 rings (SSSR count). The Kier molecular flexibility index (Phi) is 2.57. The maximum Gasteiger partial charge on any atom is 0.247 e. The van der Waals surface area contributed by atoms with Gasteiger partial charge in [0.2, 0.25) is 5.91 Å². The number of aromatic nitrogens is 1. The van der Waals surface area contributed by atoms with Crippen molar-refractivity contribution in [1.82, 2.24) is 4.98 Å². The third-order valence-corrected chi connectivity index (χ3v) is 2.16. The Morgan fingerprint density at radius 1 is 1.83 bits per heavy atom. The molecule has 0 aliphatic rings. The number of carbonyl (C=O) groups is 1. The first-order chi connectivity index (χ1) is 5.63. The Bertz CT molecular complexity index is 294. The lowest BCUT2D eigenvalue weighted by Crippen LogP contribution is -2.18. The number of carbonyl (C=O) groups excluding carboxylic acids is 1. The van der Waals surface area contributed by atoms with Gasteiger partial charge in [0.1, 0.15) is 11.1 Å². The fourth-order valence-electron chi connectivity index (χ4n) is 0.653. The maximum atomic E-state index is 10.6. The first kappa shape index (κ1) is 8.89. The SMILES string of the molecule is C=C(C(N)=O)C(O)c1nccs1. The Morgan fingerprint density at radius 3 is 2.92 bits per heavy atom. The standard InChI is InChI=1S/C7H8N2O2S/c1-4(6(8)11)5(10)7-9-2-3-12-7/h2-3,5,10H,1H2,(H2,8,11). The van der Waals surface area contributed by atoms with Gasteiger partial charge >= 0.3 is 0 Å². The van der Waals surface area contributed by atoms with Crippen LogP contribution in [0.3, 0.4) is 0 Å². The second kappa shape index (κ2) is 3.46. The summed E-state index contributed by atoms with van der Waals surface area (Å²) < 4.78 is 0. The van der Waals surface area contributed by atoms with E-state index < -0.39 is 12.0 Å². The highest BCUT2D eigenvalue weighted by atomic mass is 32.1. The van der Waals surface area contributed by atoms with Crippen LogP contribution in [0.4, 0.5) is 0 Å². The molecule has 1 atom stereocenters. The van der Waals surface area contributed by atoms with Crippen molar-refractivity contribution >= 4 is 17.2 Å². The lowest BCUT2D eigenvalue weighted by atomic mass is 10.2. The predicted molar refractivity (Wildman–Crippen MR) is 45.4 cm³/mol. The van der Waals surface area contributed by atoms with Crippen molar-refractivity contribution in [3.05, 3.63) is 28.7 Å². The van der Waals surface area contributed by atoms with E-state index in [2.05, 4.69) is 11.6 Å². The summed E-state index contributed by atoms with van der Waals surface area (Å²) in [6, 6.07) is 0. The van der Waals surface area contributed by atoms with Gasteiger partial charge in [-0.15, -0.1) is 11.3 Å². The molecule has 1 heterocycles. The fourth-order valence-corrected chi connectivity index (χ4v) is 1.31. The molecule has 1 unspecified atom stereocenters. The average Bonchev–Trinajstić information content (AvgIpc) is 2.53. The number of rotatable bonds is 3. The zero-order chi connectivity index (χ0) is 9.14. The summed E-state index contributed by atoms with van der Waals surface area (Å²) >= 11 is 1.25. The molecule has 12 heavy (non-hydrogen) atoms. The highest BCUT2D eigenvalue weighted by Gasteiger charge is 2.17. The molecule has 0 fully saturated rings. The van der Waals surface area contributed by atoms with E-state index in [-0.39, 0.29) is 5.57 Å². The van der Waals surface area contributed by atoms with Crippen molar-refractivity contribution in [2.24, 2.45) is 5.73 Å². The van der Waals surface area contributed by atoms with Crippen molar-refractivity contribution in [3.8, 4) is 0 Å². The lowest BCUT2D eigenvalue weighted by Gasteiger charge is -2.06. The molecule has 4 nitrogen and oxygen atoms in total. The zero-order valence-corrected chi connectivity index (χ0v) is 7.04. The Balaban J connectivity index is 2.79. The van der Waals surface area contributed by atoms with E-state index in [1.807, 2.05) is 0 Å². The number of nitrogens with zero attached hydrogens (tertiary/aromatic N) is 1. The molecule has 1 amide bonds. The molecule has 3 N–H and O–H groups in total. The quantitative estimate of drug-likeness (QED) is 0.660. The summed E-state index contributed by atoms with van der Waals surface area (Å²) in [5.41, 5.74) is 4.88. The van der Waals surface area contributed by atoms with Crippen LogP contribution >= 0.6 is 11.3 Å². The summed E-state index contributed by atoms with van der Waals surface area (Å²) in [5, 5.41) is 11.5. The zero-order valence-electron chi connectivity index (χ0n) is 6.23. The summed E-state index contributed by atoms with van der Waals surface area (Å²) in [5.74, 6) is -0.710. The van der Waals surface area contributed by atoms with Gasteiger partial charge in [0, 0.05) is 17.2 Å². The van der Waals surface area contributed by atoms with Crippen LogP contribution in [0.2, 0.25) is 0 Å². The monoisotopic (exact) mass is 184 g/mol. The highest BCUT2D eigenvalue weighted by Crippen LogP contribution is 2.21. The molecule has 0 aliphatic carbocycles. The molecule has 64 valence electrons. The molecule has 0 aliphatic heterocycles. The number of hydrogen-bond donors (Lipinski definition) is 2. The summed E-state index contributed by atoms with van der Waals surface area (Å²) in [7, 11) is 0. The maximum absolute atomic E-state index is 10.6. The number of hydrogen-bond acceptors (Lipinski definition) is 4. The number of aliphatic hydroxyl groups is 1. The minimum atomic E-state index is -1.07. The van der Waals surface area contributed by atoms with Gasteiger partial charge in [-0.05, 0) is 0 Å². The molecule has 0 saturated carbocycles. The van der Waals surface area contributed by atoms with E-state index in [0.717, 1.165) is 0 Å². The molecule has 5 heteroatoms. The molecule has 0 aromatic carbocycles. The van der Waals surface area contributed by atoms with Crippen molar-refractivity contribution in [3.63, 3.8) is 0 Å².